The molecule has 1 aliphatic rings. The third-order valence-electron chi connectivity index (χ3n) is 1.82. The molecule has 92 valence electrons. The third-order valence-corrected chi connectivity index (χ3v) is 2.96. The zero-order chi connectivity index (χ0) is 12.9. The highest BCUT2D eigenvalue weighted by molar-refractivity contribution is 7.87. The molecule has 0 saturated heterocycles. The number of alkyl halides is 2. The molecule has 0 bridgehead atoms. The maximum Gasteiger partial charge on any atom is 0.325 e. The second-order valence-electron chi connectivity index (χ2n) is 2.77. The van der Waals surface area contributed by atoms with Gasteiger partial charge in [-0.1, -0.05) is 0 Å². The molecule has 0 amide bonds. The van der Waals surface area contributed by atoms with E-state index in [4.69, 9.17) is 4.55 Å². The molecule has 3 nitrogen and oxygen atoms in total. The van der Waals surface area contributed by atoms with Crippen molar-refractivity contribution in [3.8, 4) is 0 Å². The van der Waals surface area contributed by atoms with Gasteiger partial charge in [0.05, 0.1) is 0 Å². The van der Waals surface area contributed by atoms with Crippen LogP contribution in [0.4, 0.5) is 26.3 Å². The molecule has 10 heteroatoms. The molecule has 1 rings (SSSR count). The van der Waals surface area contributed by atoms with Crippen molar-refractivity contribution < 1.29 is 39.3 Å². The summed E-state index contributed by atoms with van der Waals surface area (Å²) >= 11 is 0. The van der Waals surface area contributed by atoms with Gasteiger partial charge in [0.1, 0.15) is 0 Å². The van der Waals surface area contributed by atoms with E-state index in [2.05, 4.69) is 0 Å². The highest BCUT2D eigenvalue weighted by atomic mass is 32.2. The molecule has 0 heterocycles. The quantitative estimate of drug-likeness (QED) is 0.586. The molecule has 1 aliphatic carbocycles. The average Bonchev–Trinajstić information content (AvgIpc) is 2.19. The molecule has 0 saturated carbocycles. The maximum atomic E-state index is 13.2. The molecule has 0 aromatic carbocycles. The lowest BCUT2D eigenvalue weighted by Gasteiger charge is -2.26. The molecule has 2 atom stereocenters. The Morgan fingerprint density at radius 2 is 1.56 bits per heavy atom. The molecule has 16 heavy (non-hydrogen) atoms. The first-order valence-electron chi connectivity index (χ1n) is 3.46. The van der Waals surface area contributed by atoms with Crippen molar-refractivity contribution in [2.75, 3.05) is 0 Å². The van der Waals surface area contributed by atoms with Gasteiger partial charge < -0.3 is 0 Å². The highest BCUT2D eigenvalue weighted by Gasteiger charge is 2.63. The molecule has 0 radical (unpaired) electrons. The number of hydrogen-bond donors (Lipinski definition) is 1. The van der Waals surface area contributed by atoms with Crippen LogP contribution in [0.3, 0.4) is 0 Å². The molecular weight excluding hydrogens is 266 g/mol. The zero-order valence-corrected chi connectivity index (χ0v) is 7.83. The lowest BCUT2D eigenvalue weighted by atomic mass is 10.1. The molecule has 1 N–H and O–H groups in total. The predicted molar refractivity (Wildman–Crippen MR) is 38.8 cm³/mol. The summed E-state index contributed by atoms with van der Waals surface area (Å²) in [6, 6.07) is 0. The van der Waals surface area contributed by atoms with Gasteiger partial charge in [0.15, 0.2) is 23.3 Å². The van der Waals surface area contributed by atoms with Crippen LogP contribution in [0.5, 0.6) is 0 Å². The smallest absolute Gasteiger partial charge is 0.283 e. The summed E-state index contributed by atoms with van der Waals surface area (Å²) in [5, 5.41) is -5.02. The monoisotopic (exact) mass is 268 g/mol. The molecule has 0 spiro atoms. The van der Waals surface area contributed by atoms with Crippen LogP contribution in [0.15, 0.2) is 23.3 Å². The summed E-state index contributed by atoms with van der Waals surface area (Å²) in [5.74, 6) is -11.4. The fourth-order valence-electron chi connectivity index (χ4n) is 0.980. The van der Waals surface area contributed by atoms with E-state index < -0.39 is 44.6 Å². The fraction of sp³-hybridized carbons (Fsp3) is 0.333. The van der Waals surface area contributed by atoms with Crippen molar-refractivity contribution in [3.63, 3.8) is 0 Å². The summed E-state index contributed by atoms with van der Waals surface area (Å²) in [6.07, 6.45) is -4.03. The lowest BCUT2D eigenvalue weighted by Crippen LogP contribution is -2.46. The van der Waals surface area contributed by atoms with E-state index in [0.29, 0.717) is 0 Å². The van der Waals surface area contributed by atoms with E-state index in [-0.39, 0.29) is 0 Å². The second kappa shape index (κ2) is 3.48. The first kappa shape index (κ1) is 13.0. The van der Waals surface area contributed by atoms with Gasteiger partial charge in [-0.3, -0.25) is 4.55 Å². The van der Waals surface area contributed by atoms with Crippen molar-refractivity contribution in [2.24, 2.45) is 0 Å². The van der Waals surface area contributed by atoms with Gasteiger partial charge in [-0.25, -0.2) is 26.3 Å². The van der Waals surface area contributed by atoms with Crippen molar-refractivity contribution >= 4 is 10.1 Å². The minimum absolute atomic E-state index is 2.69. The summed E-state index contributed by atoms with van der Waals surface area (Å²) < 4.78 is 105. The first-order chi connectivity index (χ1) is 7.05. The lowest BCUT2D eigenvalue weighted by molar-refractivity contribution is 0.114. The summed E-state index contributed by atoms with van der Waals surface area (Å²) in [7, 11) is -6.17. The third kappa shape index (κ3) is 1.44. The van der Waals surface area contributed by atoms with E-state index >= 15 is 0 Å². The van der Waals surface area contributed by atoms with Crippen molar-refractivity contribution in [1.29, 1.82) is 0 Å². The van der Waals surface area contributed by atoms with E-state index in [1.807, 2.05) is 0 Å². The molecule has 0 aromatic heterocycles. The van der Waals surface area contributed by atoms with Crippen LogP contribution < -0.4 is 0 Å². The first-order valence-corrected chi connectivity index (χ1v) is 4.90. The van der Waals surface area contributed by atoms with E-state index in [9.17, 15) is 34.8 Å². The van der Waals surface area contributed by atoms with Gasteiger partial charge in [-0.2, -0.15) is 8.42 Å². The van der Waals surface area contributed by atoms with Gasteiger partial charge in [-0.15, -0.1) is 0 Å². The normalized spacial score (nSPS) is 32.3. The predicted octanol–water partition coefficient (Wildman–Crippen LogP) is 2.19. The molecule has 0 aliphatic heterocycles. The van der Waals surface area contributed by atoms with Crippen molar-refractivity contribution in [1.82, 2.24) is 0 Å². The number of rotatable bonds is 1. The van der Waals surface area contributed by atoms with Gasteiger partial charge in [0, 0.05) is 0 Å². The van der Waals surface area contributed by atoms with Gasteiger partial charge >= 0.3 is 15.1 Å². The molecule has 2 unspecified atom stereocenters. The topological polar surface area (TPSA) is 54.4 Å². The van der Waals surface area contributed by atoms with Gasteiger partial charge in [0.2, 0.25) is 6.17 Å². The van der Waals surface area contributed by atoms with Crippen LogP contribution in [-0.2, 0) is 10.1 Å². The zero-order valence-electron chi connectivity index (χ0n) is 7.02. The number of allylic oxidation sites excluding steroid dienone is 3. The Kier molecular flexibility index (Phi) is 2.84. The van der Waals surface area contributed by atoms with Crippen LogP contribution in [-0.4, -0.2) is 24.1 Å². The SMILES string of the molecule is O=S(=O)(O)C1(F)C(F)=C(F)C(F)=C(F)C1F. The largest absolute Gasteiger partial charge is 0.325 e. The molecular formula is C6H2F6O3S. The Morgan fingerprint density at radius 3 is 1.94 bits per heavy atom. The fourth-order valence-corrected chi connectivity index (χ4v) is 1.66. The molecule has 0 fully saturated rings. The van der Waals surface area contributed by atoms with Crippen molar-refractivity contribution in [2.45, 2.75) is 11.2 Å². The second-order valence-corrected chi connectivity index (χ2v) is 4.32. The summed E-state index contributed by atoms with van der Waals surface area (Å²) in [6.45, 7) is 0. The molecule has 0 aromatic rings. The van der Waals surface area contributed by atoms with Crippen LogP contribution in [0.1, 0.15) is 0 Å². The Hall–Kier alpha value is -1.03. The summed E-state index contributed by atoms with van der Waals surface area (Å²) in [4.78, 5) is 0. The van der Waals surface area contributed by atoms with Crippen molar-refractivity contribution in [3.05, 3.63) is 23.3 Å². The van der Waals surface area contributed by atoms with Crippen LogP contribution in [0, 0.1) is 0 Å². The van der Waals surface area contributed by atoms with Gasteiger partial charge in [0.25, 0.3) is 0 Å². The Balaban J connectivity index is 3.61. The minimum atomic E-state index is -6.17. The summed E-state index contributed by atoms with van der Waals surface area (Å²) in [5.41, 5.74) is 0. The Labute approximate surface area is 84.8 Å². The van der Waals surface area contributed by atoms with Crippen LogP contribution >= 0.6 is 0 Å². The number of hydrogen-bond acceptors (Lipinski definition) is 2. The van der Waals surface area contributed by atoms with Crippen LogP contribution in [0.25, 0.3) is 0 Å². The van der Waals surface area contributed by atoms with Gasteiger partial charge in [-0.05, 0) is 0 Å². The Morgan fingerprint density at radius 1 is 1.12 bits per heavy atom. The van der Waals surface area contributed by atoms with E-state index in [0.717, 1.165) is 0 Å². The average molecular weight is 268 g/mol. The van der Waals surface area contributed by atoms with E-state index in [1.165, 1.54) is 0 Å². The minimum Gasteiger partial charge on any atom is -0.283 e. The van der Waals surface area contributed by atoms with E-state index in [1.54, 1.807) is 0 Å². The Bertz CT molecular complexity index is 494. The highest BCUT2D eigenvalue weighted by Crippen LogP contribution is 2.46. The van der Waals surface area contributed by atoms with Crippen LogP contribution in [0.2, 0.25) is 0 Å². The number of halogens is 6. The maximum absolute atomic E-state index is 13.2. The standard InChI is InChI=1S/C6H2F6O3S/c7-1-2(8)4(10)6(12,16(13,14)15)5(11)3(1)9/h4H,(H,13,14,15).